The largest absolute Gasteiger partial charge is 0.298 e. The van der Waals surface area contributed by atoms with E-state index in [-0.39, 0.29) is 5.82 Å². The lowest BCUT2D eigenvalue weighted by Crippen LogP contribution is -1.86. The van der Waals surface area contributed by atoms with E-state index in [1.54, 1.807) is 42.7 Å². The van der Waals surface area contributed by atoms with E-state index >= 15 is 0 Å². The maximum atomic E-state index is 12.8. The summed E-state index contributed by atoms with van der Waals surface area (Å²) in [5, 5.41) is 0. The molecule has 1 aromatic heterocycles. The Morgan fingerprint density at radius 2 is 1.71 bits per heavy atom. The lowest BCUT2D eigenvalue weighted by atomic mass is 10.0. The Labute approximate surface area is 98.4 Å². The molecule has 0 radical (unpaired) electrons. The number of carbonyl (C=O) groups is 1. The number of allylic oxidation sites excluding steroid dienone is 1. The van der Waals surface area contributed by atoms with Crippen LogP contribution in [-0.4, -0.2) is 11.3 Å². The molecule has 17 heavy (non-hydrogen) atoms. The maximum absolute atomic E-state index is 12.8. The Bertz CT molecular complexity index is 532. The number of nitrogens with zero attached hydrogens (tertiary/aromatic N) is 1. The molecule has 0 spiro atoms. The van der Waals surface area contributed by atoms with Gasteiger partial charge in [-0.05, 0) is 41.5 Å². The third-order valence-corrected chi connectivity index (χ3v) is 2.33. The summed E-state index contributed by atoms with van der Waals surface area (Å²) < 4.78 is 12.8. The number of benzene rings is 1. The monoisotopic (exact) mass is 227 g/mol. The molecule has 2 aromatic rings. The maximum Gasteiger partial charge on any atom is 0.150 e. The molecule has 3 heteroatoms. The van der Waals surface area contributed by atoms with Crippen LogP contribution in [0, 0.1) is 5.82 Å². The number of aromatic nitrogens is 1. The third-order valence-electron chi connectivity index (χ3n) is 2.33. The summed E-state index contributed by atoms with van der Waals surface area (Å²) >= 11 is 0. The summed E-state index contributed by atoms with van der Waals surface area (Å²) in [5.41, 5.74) is 2.08. The molecular formula is C14H10FNO. The van der Waals surface area contributed by atoms with Gasteiger partial charge in [-0.15, -0.1) is 0 Å². The fourth-order valence-electron chi connectivity index (χ4n) is 1.47. The van der Waals surface area contributed by atoms with Crippen LogP contribution in [0.4, 0.5) is 4.39 Å². The van der Waals surface area contributed by atoms with Crippen molar-refractivity contribution in [1.82, 2.24) is 4.98 Å². The summed E-state index contributed by atoms with van der Waals surface area (Å²) in [7, 11) is 0. The van der Waals surface area contributed by atoms with Gasteiger partial charge in [-0.3, -0.25) is 9.78 Å². The van der Waals surface area contributed by atoms with Crippen LogP contribution < -0.4 is 0 Å². The van der Waals surface area contributed by atoms with Gasteiger partial charge in [0, 0.05) is 18.0 Å². The minimum Gasteiger partial charge on any atom is -0.298 e. The van der Waals surface area contributed by atoms with Crippen molar-refractivity contribution in [3.05, 3.63) is 65.7 Å². The predicted octanol–water partition coefficient (Wildman–Crippen LogP) is 2.96. The van der Waals surface area contributed by atoms with Gasteiger partial charge in [0.25, 0.3) is 0 Å². The zero-order valence-corrected chi connectivity index (χ0v) is 9.01. The van der Waals surface area contributed by atoms with E-state index in [9.17, 15) is 9.18 Å². The molecule has 0 atom stereocenters. The molecule has 0 aliphatic rings. The van der Waals surface area contributed by atoms with Crippen molar-refractivity contribution in [2.75, 3.05) is 0 Å². The highest BCUT2D eigenvalue weighted by atomic mass is 19.1. The summed E-state index contributed by atoms with van der Waals surface area (Å²) in [5.74, 6) is -0.317. The van der Waals surface area contributed by atoms with Crippen LogP contribution in [0.5, 0.6) is 0 Å². The Morgan fingerprint density at radius 3 is 2.29 bits per heavy atom. The first-order chi connectivity index (χ1) is 8.29. The van der Waals surface area contributed by atoms with Gasteiger partial charge >= 0.3 is 0 Å². The summed E-state index contributed by atoms with van der Waals surface area (Å²) in [6, 6.07) is 9.42. The highest BCUT2D eigenvalue weighted by Gasteiger charge is 2.00. The van der Waals surface area contributed by atoms with Crippen LogP contribution in [0.3, 0.4) is 0 Å². The number of halogens is 1. The smallest absolute Gasteiger partial charge is 0.150 e. The molecule has 0 amide bonds. The number of aldehydes is 1. The van der Waals surface area contributed by atoms with Gasteiger partial charge in [-0.25, -0.2) is 4.39 Å². The molecule has 84 valence electrons. The molecule has 0 aliphatic carbocycles. The van der Waals surface area contributed by atoms with Crippen LogP contribution >= 0.6 is 0 Å². The van der Waals surface area contributed by atoms with Crippen molar-refractivity contribution >= 4 is 17.9 Å². The van der Waals surface area contributed by atoms with E-state index in [4.69, 9.17) is 0 Å². The minimum absolute atomic E-state index is 0.317. The Morgan fingerprint density at radius 1 is 1.06 bits per heavy atom. The molecular weight excluding hydrogens is 217 g/mol. The van der Waals surface area contributed by atoms with Crippen molar-refractivity contribution in [3.63, 3.8) is 0 Å². The summed E-state index contributed by atoms with van der Waals surface area (Å²) in [6.07, 6.45) is 5.80. The van der Waals surface area contributed by atoms with Gasteiger partial charge in [0.05, 0.1) is 0 Å². The molecule has 0 unspecified atom stereocenters. The van der Waals surface area contributed by atoms with Crippen LogP contribution in [0.15, 0.2) is 48.8 Å². The highest BCUT2D eigenvalue weighted by molar-refractivity contribution is 6.13. The second kappa shape index (κ2) is 5.16. The molecule has 1 aromatic carbocycles. The van der Waals surface area contributed by atoms with Gasteiger partial charge < -0.3 is 0 Å². The van der Waals surface area contributed by atoms with Crippen molar-refractivity contribution in [1.29, 1.82) is 0 Å². The molecule has 0 saturated carbocycles. The van der Waals surface area contributed by atoms with Crippen molar-refractivity contribution < 1.29 is 9.18 Å². The van der Waals surface area contributed by atoms with Crippen LogP contribution in [0.2, 0.25) is 0 Å². The topological polar surface area (TPSA) is 30.0 Å². The van der Waals surface area contributed by atoms with E-state index in [0.29, 0.717) is 11.1 Å². The SMILES string of the molecule is O=C/C(=C/c1ccncc1)c1ccc(F)cc1. The van der Waals surface area contributed by atoms with E-state index in [0.717, 1.165) is 11.8 Å². The normalized spacial score (nSPS) is 11.2. The third kappa shape index (κ3) is 2.84. The zero-order valence-electron chi connectivity index (χ0n) is 9.01. The molecule has 0 aliphatic heterocycles. The predicted molar refractivity (Wildman–Crippen MR) is 64.6 cm³/mol. The fourth-order valence-corrected chi connectivity index (χ4v) is 1.47. The van der Waals surface area contributed by atoms with E-state index in [1.807, 2.05) is 0 Å². The standard InChI is InChI=1S/C14H10FNO/c15-14-3-1-12(2-4-14)13(10-17)9-11-5-7-16-8-6-11/h1-10H/b13-9-. The van der Waals surface area contributed by atoms with Crippen LogP contribution in [0.25, 0.3) is 11.6 Å². The highest BCUT2D eigenvalue weighted by Crippen LogP contribution is 2.16. The number of hydrogen-bond donors (Lipinski definition) is 0. The Kier molecular flexibility index (Phi) is 3.40. The van der Waals surface area contributed by atoms with Gasteiger partial charge in [0.15, 0.2) is 6.29 Å². The van der Waals surface area contributed by atoms with Crippen molar-refractivity contribution in [3.8, 4) is 0 Å². The second-order valence-corrected chi connectivity index (χ2v) is 3.50. The first-order valence-electron chi connectivity index (χ1n) is 5.12. The fraction of sp³-hybridized carbons (Fsp3) is 0. The average Bonchev–Trinajstić information content (AvgIpc) is 2.38. The molecule has 2 nitrogen and oxygen atoms in total. The zero-order chi connectivity index (χ0) is 12.1. The number of carbonyl (C=O) groups excluding carboxylic acids is 1. The molecule has 0 N–H and O–H groups in total. The van der Waals surface area contributed by atoms with E-state index in [2.05, 4.69) is 4.98 Å². The molecule has 0 bridgehead atoms. The van der Waals surface area contributed by atoms with Gasteiger partial charge in [0.2, 0.25) is 0 Å². The molecule has 0 fully saturated rings. The van der Waals surface area contributed by atoms with Gasteiger partial charge in [-0.1, -0.05) is 12.1 Å². The van der Waals surface area contributed by atoms with Crippen LogP contribution in [0.1, 0.15) is 11.1 Å². The molecule has 0 saturated heterocycles. The van der Waals surface area contributed by atoms with Gasteiger partial charge in [0.1, 0.15) is 5.82 Å². The number of hydrogen-bond acceptors (Lipinski definition) is 2. The Balaban J connectivity index is 2.37. The Hall–Kier alpha value is -2.29. The second-order valence-electron chi connectivity index (χ2n) is 3.50. The van der Waals surface area contributed by atoms with Crippen molar-refractivity contribution in [2.45, 2.75) is 0 Å². The average molecular weight is 227 g/mol. The number of rotatable bonds is 3. The molecule has 1 heterocycles. The van der Waals surface area contributed by atoms with E-state index < -0.39 is 0 Å². The lowest BCUT2D eigenvalue weighted by molar-refractivity contribution is -0.103. The van der Waals surface area contributed by atoms with Crippen molar-refractivity contribution in [2.24, 2.45) is 0 Å². The molecule has 2 rings (SSSR count). The minimum atomic E-state index is -0.317. The lowest BCUT2D eigenvalue weighted by Gasteiger charge is -2.00. The first kappa shape index (κ1) is 11.2. The van der Waals surface area contributed by atoms with E-state index in [1.165, 1.54) is 12.1 Å². The quantitative estimate of drug-likeness (QED) is 0.596. The summed E-state index contributed by atoms with van der Waals surface area (Å²) in [6.45, 7) is 0. The number of pyridine rings is 1. The first-order valence-corrected chi connectivity index (χ1v) is 5.12. The summed E-state index contributed by atoms with van der Waals surface area (Å²) in [4.78, 5) is 14.9. The van der Waals surface area contributed by atoms with Crippen LogP contribution in [-0.2, 0) is 4.79 Å². The van der Waals surface area contributed by atoms with Gasteiger partial charge in [-0.2, -0.15) is 0 Å².